The van der Waals surface area contributed by atoms with E-state index in [9.17, 15) is 18.0 Å². The number of carbonyl (C=O) groups excluding carboxylic acids is 2. The Bertz CT molecular complexity index is 2970. The fourth-order valence-corrected chi connectivity index (χ4v) is 23.2. The molecule has 84 heavy (non-hydrogen) atoms. The van der Waals surface area contributed by atoms with Gasteiger partial charge in [0.15, 0.2) is 0 Å². The topological polar surface area (TPSA) is 150 Å². The number of amides is 2. The molecule has 8 aliphatic carbocycles. The van der Waals surface area contributed by atoms with Crippen LogP contribution in [0.1, 0.15) is 182 Å². The number of rotatable bonds is 6. The van der Waals surface area contributed by atoms with E-state index < -0.39 is 10.0 Å². The van der Waals surface area contributed by atoms with Crippen molar-refractivity contribution in [3.63, 3.8) is 0 Å². The molecule has 3 N–H and O–H groups in total. The lowest BCUT2D eigenvalue weighted by molar-refractivity contribution is -0.0666. The summed E-state index contributed by atoms with van der Waals surface area (Å²) in [6.07, 6.45) is 21.9. The quantitative estimate of drug-likeness (QED) is 0.270. The van der Waals surface area contributed by atoms with Gasteiger partial charge in [0, 0.05) is 37.0 Å². The van der Waals surface area contributed by atoms with E-state index in [0.29, 0.717) is 54.3 Å². The molecule has 2 unspecified atom stereocenters. The molecule has 4 saturated heterocycles. The van der Waals surface area contributed by atoms with Gasteiger partial charge in [-0.2, -0.15) is 0 Å². The smallest absolute Gasteiger partial charge is 0.410 e. The Morgan fingerprint density at radius 2 is 1.05 bits per heavy atom. The largest absolute Gasteiger partial charge is 0.445 e. The average Bonchev–Trinajstić information content (AvgIpc) is 1.97. The van der Waals surface area contributed by atoms with Crippen molar-refractivity contribution in [1.29, 1.82) is 0 Å². The van der Waals surface area contributed by atoms with Crippen molar-refractivity contribution in [3.8, 4) is 0 Å². The van der Waals surface area contributed by atoms with Crippen LogP contribution in [0.25, 0.3) is 0 Å². The van der Waals surface area contributed by atoms with Gasteiger partial charge in [-0.05, 0) is 222 Å². The van der Waals surface area contributed by atoms with Crippen LogP contribution < -0.4 is 10.5 Å². The Kier molecular flexibility index (Phi) is 15.8. The number of sulfonamides is 1. The Balaban J connectivity index is 0.000000157. The highest BCUT2D eigenvalue weighted by Gasteiger charge is 2.65. The van der Waals surface area contributed by atoms with E-state index in [4.69, 9.17) is 24.7 Å². The molecule has 2 spiro atoms. The first kappa shape index (κ1) is 59.2. The second-order valence-electron chi connectivity index (χ2n) is 30.7. The summed E-state index contributed by atoms with van der Waals surface area (Å²) in [5, 5.41) is 0. The van der Waals surface area contributed by atoms with Gasteiger partial charge in [-0.15, -0.1) is 0 Å². The molecule has 2 aromatic carbocycles. The van der Waals surface area contributed by atoms with Gasteiger partial charge >= 0.3 is 12.2 Å². The van der Waals surface area contributed by atoms with Crippen molar-refractivity contribution in [2.24, 2.45) is 87.6 Å². The Labute approximate surface area is 504 Å². The number of fused-ring (bicyclic) bond motifs is 12. The molecule has 0 radical (unpaired) electrons. The molecular weight excluding hydrogens is 1070 g/mol. The molecule has 460 valence electrons. The molecule has 12 nitrogen and oxygen atoms in total. The highest BCUT2D eigenvalue weighted by Crippen LogP contribution is 2.69. The monoisotopic (exact) mass is 1170 g/mol. The van der Waals surface area contributed by atoms with E-state index in [-0.39, 0.29) is 71.0 Å². The number of nitrogens with zero attached hydrogens (tertiary/aromatic N) is 2. The lowest BCUT2D eigenvalue weighted by Gasteiger charge is -2.54. The first-order valence-corrected chi connectivity index (χ1v) is 35.4. The van der Waals surface area contributed by atoms with Crippen molar-refractivity contribution >= 4 is 22.2 Å². The molecule has 0 bridgehead atoms. The van der Waals surface area contributed by atoms with Crippen LogP contribution in [-0.2, 0) is 42.2 Å². The standard InChI is InChI=1S/C36H52N2O5S.C35H50N2O3/c1-22-17-32-33(38(20-22)34(39)42-21-25-9-7-6-8-10-25)24(3)36(43-32)16-14-28-29-12-11-26-18-27(37-44(5,40)41)13-15-35(26,4)31(29)19-30(28)23(36)2;1-21-16-31-32(37(19-21)33(38)39-20-24-8-6-5-7-9-24)23(3)35(40-31)15-13-27-28-11-10-25-17-26(36)12-14-34(25,4)30(28)18-29(27)22(35)2/h6-10,22,24,26-29,31-33,37H,11-21H2,1-5H3;5-9,21,23,25-28,30-32H,10-20,36H2,1-4H3/t22-,24+,26+,27+,28-,29?,31-,32+,33-,35-,36-;21-,23+,25+,26+,27-,28?,30-,31+,32-,34-,35-/m00/s1. The Morgan fingerprint density at radius 1 is 0.607 bits per heavy atom. The van der Waals surface area contributed by atoms with Crippen LogP contribution >= 0.6 is 0 Å². The van der Waals surface area contributed by atoms with E-state index in [1.165, 1.54) is 81.6 Å². The molecule has 2 aromatic rings. The third-order valence-electron chi connectivity index (χ3n) is 26.5. The number of carbonyl (C=O) groups is 2. The van der Waals surface area contributed by atoms with Crippen LogP contribution in [-0.4, -0.2) is 97.3 Å². The van der Waals surface area contributed by atoms with Crippen LogP contribution in [0, 0.1) is 81.8 Å². The van der Waals surface area contributed by atoms with Gasteiger partial charge in [-0.25, -0.2) is 22.7 Å². The maximum atomic E-state index is 13.6. The molecule has 6 saturated carbocycles. The molecule has 4 heterocycles. The van der Waals surface area contributed by atoms with Gasteiger partial charge in [0.1, 0.15) is 13.2 Å². The van der Waals surface area contributed by atoms with Crippen LogP contribution in [0.5, 0.6) is 0 Å². The Morgan fingerprint density at radius 3 is 1.50 bits per heavy atom. The predicted molar refractivity (Wildman–Crippen MR) is 328 cm³/mol. The van der Waals surface area contributed by atoms with Crippen molar-refractivity contribution in [1.82, 2.24) is 14.5 Å². The average molecular weight is 1170 g/mol. The van der Waals surface area contributed by atoms with Crippen molar-refractivity contribution < 1.29 is 37.0 Å². The summed E-state index contributed by atoms with van der Waals surface area (Å²) in [6, 6.07) is 20.5. The molecule has 4 aliphatic heterocycles. The fraction of sp³-hybridized carbons (Fsp3) is 0.746. The van der Waals surface area contributed by atoms with Gasteiger partial charge in [0.2, 0.25) is 10.0 Å². The first-order valence-electron chi connectivity index (χ1n) is 33.5. The molecular formula is C71H102N4O8S. The zero-order chi connectivity index (χ0) is 58.8. The fourth-order valence-electron chi connectivity index (χ4n) is 22.3. The highest BCUT2D eigenvalue weighted by atomic mass is 32.2. The second kappa shape index (κ2) is 22.4. The van der Waals surface area contributed by atoms with Crippen LogP contribution in [0.2, 0.25) is 0 Å². The number of allylic oxidation sites excluding steroid dienone is 2. The van der Waals surface area contributed by atoms with Gasteiger partial charge in [-0.1, -0.05) is 113 Å². The number of piperidine rings is 2. The molecule has 12 aliphatic rings. The normalized spacial score (nSPS) is 44.6. The number of hydrogen-bond acceptors (Lipinski definition) is 9. The minimum Gasteiger partial charge on any atom is -0.445 e. The third kappa shape index (κ3) is 10.1. The summed E-state index contributed by atoms with van der Waals surface area (Å²) in [7, 11) is -3.18. The molecule has 10 fully saturated rings. The maximum absolute atomic E-state index is 13.6. The SMILES string of the molecule is CC1=C2C[C@H]3C(CC[C@@H]4C[C@H](N)CC[C@@]43C)[C@@H]2CC[C@]12O[C@@H]1C[C@H](C)CN(C(=O)OCc3ccccc3)[C@H]1[C@H]2C.CC1=C2C[C@H]3C(CC[C@@H]4C[C@H](NS(C)(=O)=O)CC[C@@]43C)[C@@H]2CC[C@]12O[C@@H]1C[C@H](C)CN(C(=O)OCc3ccccc3)[C@H]1[C@H]2C. The van der Waals surface area contributed by atoms with Gasteiger partial charge in [0.25, 0.3) is 0 Å². The molecule has 0 aromatic heterocycles. The molecule has 14 rings (SSSR count). The minimum atomic E-state index is -3.18. The lowest BCUT2D eigenvalue weighted by atomic mass is 9.52. The zero-order valence-corrected chi connectivity index (χ0v) is 53.2. The van der Waals surface area contributed by atoms with Crippen LogP contribution in [0.4, 0.5) is 9.59 Å². The first-order chi connectivity index (χ1) is 40.1. The van der Waals surface area contributed by atoms with Gasteiger partial charge < -0.3 is 34.5 Å². The maximum Gasteiger partial charge on any atom is 0.410 e. The number of hydrogen-bond donors (Lipinski definition) is 2. The molecule has 22 atom stereocenters. The van der Waals surface area contributed by atoms with E-state index in [1.807, 2.05) is 70.5 Å². The number of nitrogens with one attached hydrogen (secondary N) is 1. The highest BCUT2D eigenvalue weighted by molar-refractivity contribution is 7.88. The summed E-state index contributed by atoms with van der Waals surface area (Å²) in [5.74, 6) is 7.01. The van der Waals surface area contributed by atoms with E-state index in [2.05, 4.69) is 60.1 Å². The second-order valence-corrected chi connectivity index (χ2v) is 32.5. The van der Waals surface area contributed by atoms with E-state index in [0.717, 1.165) is 105 Å². The van der Waals surface area contributed by atoms with Crippen molar-refractivity contribution in [2.45, 2.75) is 232 Å². The zero-order valence-electron chi connectivity index (χ0n) is 52.4. The van der Waals surface area contributed by atoms with E-state index >= 15 is 0 Å². The van der Waals surface area contributed by atoms with E-state index in [1.54, 1.807) is 11.1 Å². The lowest BCUT2D eigenvalue weighted by Crippen LogP contribution is -2.54. The van der Waals surface area contributed by atoms with Crippen molar-refractivity contribution in [3.05, 3.63) is 94.1 Å². The molecule has 2 amide bonds. The predicted octanol–water partition coefficient (Wildman–Crippen LogP) is 13.8. The van der Waals surface area contributed by atoms with Crippen LogP contribution in [0.3, 0.4) is 0 Å². The molecule has 13 heteroatoms. The summed E-state index contributed by atoms with van der Waals surface area (Å²) in [4.78, 5) is 31.2. The van der Waals surface area contributed by atoms with Gasteiger partial charge in [0.05, 0.1) is 41.7 Å². The number of ether oxygens (including phenoxy) is 4. The van der Waals surface area contributed by atoms with Crippen LogP contribution in [0.15, 0.2) is 83.0 Å². The summed E-state index contributed by atoms with van der Waals surface area (Å²) >= 11 is 0. The minimum absolute atomic E-state index is 0.0322. The summed E-state index contributed by atoms with van der Waals surface area (Å²) in [6.45, 7) is 21.2. The number of benzene rings is 2. The Hall–Kier alpha value is -3.75. The number of likely N-dealkylation sites (tertiary alicyclic amines) is 2. The van der Waals surface area contributed by atoms with Gasteiger partial charge in [-0.3, -0.25) is 0 Å². The van der Waals surface area contributed by atoms with Crippen molar-refractivity contribution in [2.75, 3.05) is 19.3 Å². The summed E-state index contributed by atoms with van der Waals surface area (Å²) in [5.41, 5.74) is 15.0. The third-order valence-corrected chi connectivity index (χ3v) is 27.2. The summed E-state index contributed by atoms with van der Waals surface area (Å²) < 4.78 is 53.1. The number of nitrogens with two attached hydrogens (primary N) is 1.